The molecular formula is C14H20FN3. The van der Waals surface area contributed by atoms with Gasteiger partial charge in [0.25, 0.3) is 0 Å². The third kappa shape index (κ3) is 2.29. The predicted molar refractivity (Wildman–Crippen MR) is 72.1 cm³/mol. The summed E-state index contributed by atoms with van der Waals surface area (Å²) in [5.74, 6) is -0.274. The lowest BCUT2D eigenvalue weighted by Crippen LogP contribution is -2.42. The van der Waals surface area contributed by atoms with Crippen LogP contribution in [0, 0.1) is 5.82 Å². The van der Waals surface area contributed by atoms with Gasteiger partial charge in [-0.1, -0.05) is 0 Å². The second kappa shape index (κ2) is 4.76. The van der Waals surface area contributed by atoms with Crippen LogP contribution in [0.4, 0.5) is 15.8 Å². The van der Waals surface area contributed by atoms with Crippen molar-refractivity contribution in [1.82, 2.24) is 4.90 Å². The minimum Gasteiger partial charge on any atom is -0.397 e. The van der Waals surface area contributed by atoms with Crippen molar-refractivity contribution >= 4 is 11.4 Å². The van der Waals surface area contributed by atoms with Gasteiger partial charge in [-0.2, -0.15) is 0 Å². The SMILES string of the molecule is Nc1cc(F)ccc1NC1CCN2CCCC2C1. The number of nitrogen functional groups attached to an aromatic ring is 1. The minimum absolute atomic E-state index is 0.274. The van der Waals surface area contributed by atoms with Gasteiger partial charge < -0.3 is 16.0 Å². The molecule has 3 N–H and O–H groups in total. The van der Waals surface area contributed by atoms with Gasteiger partial charge in [0.05, 0.1) is 11.4 Å². The van der Waals surface area contributed by atoms with Crippen molar-refractivity contribution in [3.63, 3.8) is 0 Å². The van der Waals surface area contributed by atoms with E-state index in [1.807, 2.05) is 0 Å². The summed E-state index contributed by atoms with van der Waals surface area (Å²) in [5.41, 5.74) is 7.20. The quantitative estimate of drug-likeness (QED) is 0.791. The van der Waals surface area contributed by atoms with E-state index in [1.165, 1.54) is 44.5 Å². The van der Waals surface area contributed by atoms with Gasteiger partial charge in [0.1, 0.15) is 5.82 Å². The van der Waals surface area contributed by atoms with Gasteiger partial charge in [0.15, 0.2) is 0 Å². The first-order valence-corrected chi connectivity index (χ1v) is 6.78. The highest BCUT2D eigenvalue weighted by Gasteiger charge is 2.31. The molecule has 18 heavy (non-hydrogen) atoms. The van der Waals surface area contributed by atoms with Crippen LogP contribution in [-0.2, 0) is 0 Å². The summed E-state index contributed by atoms with van der Waals surface area (Å²) in [6, 6.07) is 5.79. The van der Waals surface area contributed by atoms with Gasteiger partial charge in [-0.05, 0) is 50.4 Å². The maximum Gasteiger partial charge on any atom is 0.125 e. The normalized spacial score (nSPS) is 28.1. The van der Waals surface area contributed by atoms with Crippen LogP contribution >= 0.6 is 0 Å². The standard InChI is InChI=1S/C14H20FN3/c15-10-3-4-14(13(16)8-10)17-11-5-7-18-6-1-2-12(18)9-11/h3-4,8,11-12,17H,1-2,5-7,9,16H2. The molecule has 98 valence electrons. The molecule has 0 radical (unpaired) electrons. The fourth-order valence-electron chi connectivity index (χ4n) is 3.24. The van der Waals surface area contributed by atoms with E-state index in [4.69, 9.17) is 5.73 Å². The van der Waals surface area contributed by atoms with Crippen molar-refractivity contribution in [3.05, 3.63) is 24.0 Å². The average Bonchev–Trinajstić information content (AvgIpc) is 2.80. The second-order valence-corrected chi connectivity index (χ2v) is 5.43. The highest BCUT2D eigenvalue weighted by Crippen LogP contribution is 2.29. The Labute approximate surface area is 107 Å². The first-order valence-electron chi connectivity index (χ1n) is 6.78. The number of rotatable bonds is 2. The second-order valence-electron chi connectivity index (χ2n) is 5.43. The Bertz CT molecular complexity index is 435. The fourth-order valence-corrected chi connectivity index (χ4v) is 3.24. The summed E-state index contributed by atoms with van der Waals surface area (Å²) in [5, 5.41) is 3.47. The van der Waals surface area contributed by atoms with E-state index >= 15 is 0 Å². The van der Waals surface area contributed by atoms with Crippen LogP contribution in [0.5, 0.6) is 0 Å². The average molecular weight is 249 g/mol. The number of piperidine rings is 1. The van der Waals surface area contributed by atoms with Crippen LogP contribution in [0.15, 0.2) is 18.2 Å². The molecule has 3 rings (SSSR count). The summed E-state index contributed by atoms with van der Waals surface area (Å²) in [6.07, 6.45) is 4.97. The first-order chi connectivity index (χ1) is 8.72. The summed E-state index contributed by atoms with van der Waals surface area (Å²) in [7, 11) is 0. The molecule has 0 saturated carbocycles. The van der Waals surface area contributed by atoms with Gasteiger partial charge in [-0.25, -0.2) is 4.39 Å². The molecular weight excluding hydrogens is 229 g/mol. The number of nitrogens with one attached hydrogen (secondary N) is 1. The van der Waals surface area contributed by atoms with Crippen LogP contribution < -0.4 is 11.1 Å². The van der Waals surface area contributed by atoms with Crippen LogP contribution in [-0.4, -0.2) is 30.1 Å². The van der Waals surface area contributed by atoms with Gasteiger partial charge in [-0.15, -0.1) is 0 Å². The summed E-state index contributed by atoms with van der Waals surface area (Å²) < 4.78 is 13.0. The number of halogens is 1. The third-order valence-electron chi connectivity index (χ3n) is 4.19. The molecule has 0 aromatic heterocycles. The van der Waals surface area contributed by atoms with Gasteiger partial charge in [0.2, 0.25) is 0 Å². The zero-order valence-corrected chi connectivity index (χ0v) is 10.5. The van der Waals surface area contributed by atoms with Crippen LogP contribution in [0.1, 0.15) is 25.7 Å². The molecule has 2 aliphatic rings. The van der Waals surface area contributed by atoms with Crippen molar-refractivity contribution in [3.8, 4) is 0 Å². The van der Waals surface area contributed by atoms with Crippen LogP contribution in [0.2, 0.25) is 0 Å². The van der Waals surface area contributed by atoms with E-state index < -0.39 is 0 Å². The molecule has 0 bridgehead atoms. The zero-order chi connectivity index (χ0) is 12.5. The van der Waals surface area contributed by atoms with Crippen LogP contribution in [0.3, 0.4) is 0 Å². The largest absolute Gasteiger partial charge is 0.397 e. The van der Waals surface area contributed by atoms with Gasteiger partial charge in [-0.3, -0.25) is 0 Å². The maximum absolute atomic E-state index is 13.0. The number of nitrogens with two attached hydrogens (primary N) is 1. The molecule has 3 nitrogen and oxygen atoms in total. The van der Waals surface area contributed by atoms with Gasteiger partial charge in [0, 0.05) is 18.6 Å². The molecule has 2 heterocycles. The number of fused-ring (bicyclic) bond motifs is 1. The lowest BCUT2D eigenvalue weighted by Gasteiger charge is -2.35. The molecule has 2 aliphatic heterocycles. The van der Waals surface area contributed by atoms with Crippen molar-refractivity contribution in [2.45, 2.75) is 37.8 Å². The number of benzene rings is 1. The van der Waals surface area contributed by atoms with E-state index in [-0.39, 0.29) is 5.82 Å². The maximum atomic E-state index is 13.0. The minimum atomic E-state index is -0.274. The Hall–Kier alpha value is -1.29. The first kappa shape index (κ1) is 11.8. The highest BCUT2D eigenvalue weighted by atomic mass is 19.1. The van der Waals surface area contributed by atoms with E-state index in [1.54, 1.807) is 6.07 Å². The Morgan fingerprint density at radius 1 is 1.28 bits per heavy atom. The number of anilines is 2. The van der Waals surface area contributed by atoms with E-state index in [2.05, 4.69) is 10.2 Å². The zero-order valence-electron chi connectivity index (χ0n) is 10.5. The van der Waals surface area contributed by atoms with Crippen LogP contribution in [0.25, 0.3) is 0 Å². The molecule has 1 aromatic rings. The van der Waals surface area contributed by atoms with E-state index in [0.717, 1.165) is 18.2 Å². The molecule has 4 heteroatoms. The molecule has 2 saturated heterocycles. The number of hydrogen-bond donors (Lipinski definition) is 2. The van der Waals surface area contributed by atoms with Gasteiger partial charge >= 0.3 is 0 Å². The summed E-state index contributed by atoms with van der Waals surface area (Å²) >= 11 is 0. The number of nitrogens with zero attached hydrogens (tertiary/aromatic N) is 1. The highest BCUT2D eigenvalue weighted by molar-refractivity contribution is 5.66. The lowest BCUT2D eigenvalue weighted by molar-refractivity contribution is 0.188. The molecule has 1 aromatic carbocycles. The Balaban J connectivity index is 1.66. The molecule has 0 spiro atoms. The summed E-state index contributed by atoms with van der Waals surface area (Å²) in [6.45, 7) is 2.43. The van der Waals surface area contributed by atoms with Crippen molar-refractivity contribution in [1.29, 1.82) is 0 Å². The van der Waals surface area contributed by atoms with Crippen molar-refractivity contribution in [2.75, 3.05) is 24.1 Å². The Kier molecular flexibility index (Phi) is 3.12. The molecule has 2 unspecified atom stereocenters. The molecule has 0 aliphatic carbocycles. The number of hydrogen-bond acceptors (Lipinski definition) is 3. The third-order valence-corrected chi connectivity index (χ3v) is 4.19. The van der Waals surface area contributed by atoms with E-state index in [0.29, 0.717) is 11.7 Å². The smallest absolute Gasteiger partial charge is 0.125 e. The predicted octanol–water partition coefficient (Wildman–Crippen LogP) is 2.45. The Morgan fingerprint density at radius 2 is 2.17 bits per heavy atom. The molecule has 2 fully saturated rings. The fraction of sp³-hybridized carbons (Fsp3) is 0.571. The molecule has 0 amide bonds. The Morgan fingerprint density at radius 3 is 3.00 bits per heavy atom. The monoisotopic (exact) mass is 249 g/mol. The van der Waals surface area contributed by atoms with Crippen molar-refractivity contribution in [2.24, 2.45) is 0 Å². The summed E-state index contributed by atoms with van der Waals surface area (Å²) in [4.78, 5) is 2.59. The lowest BCUT2D eigenvalue weighted by atomic mass is 9.97. The molecule has 2 atom stereocenters. The van der Waals surface area contributed by atoms with Crippen molar-refractivity contribution < 1.29 is 4.39 Å². The topological polar surface area (TPSA) is 41.3 Å². The van der Waals surface area contributed by atoms with E-state index in [9.17, 15) is 4.39 Å².